The smallest absolute Gasteiger partial charge is 0.257 e. The first-order chi connectivity index (χ1) is 15.1. The Morgan fingerprint density at radius 1 is 1.06 bits per heavy atom. The Balaban J connectivity index is 1.36. The number of benzene rings is 2. The van der Waals surface area contributed by atoms with Gasteiger partial charge in [-0.3, -0.25) is 9.59 Å². The van der Waals surface area contributed by atoms with Crippen LogP contribution in [0.25, 0.3) is 0 Å². The minimum atomic E-state index is -0.0580. The zero-order chi connectivity index (χ0) is 21.6. The van der Waals surface area contributed by atoms with E-state index in [4.69, 9.17) is 16.3 Å². The molecule has 1 N–H and O–H groups in total. The molecule has 0 bridgehead atoms. The number of hydrogen-bond donors (Lipinski definition) is 1. The molecule has 1 fully saturated rings. The molecular formula is C24H23ClN2O3S. The van der Waals surface area contributed by atoms with E-state index in [-0.39, 0.29) is 17.9 Å². The second-order valence-electron chi connectivity index (χ2n) is 7.43. The highest BCUT2D eigenvalue weighted by molar-refractivity contribution is 7.08. The Bertz CT molecular complexity index is 1050. The summed E-state index contributed by atoms with van der Waals surface area (Å²) >= 11 is 7.72. The molecule has 0 saturated carbocycles. The molecule has 2 aromatic carbocycles. The van der Waals surface area contributed by atoms with Crippen molar-refractivity contribution in [3.05, 3.63) is 87.1 Å². The maximum absolute atomic E-state index is 13.1. The van der Waals surface area contributed by atoms with E-state index in [1.165, 1.54) is 11.3 Å². The number of halogens is 1. The molecule has 0 aliphatic carbocycles. The van der Waals surface area contributed by atoms with Gasteiger partial charge in [0.1, 0.15) is 12.4 Å². The highest BCUT2D eigenvalue weighted by Gasteiger charge is 2.26. The second kappa shape index (κ2) is 9.98. The SMILES string of the molecule is O=C(NC1CCN(C(=O)c2ccccc2OCc2ccccc2Cl)CC1)c1ccsc1. The van der Waals surface area contributed by atoms with E-state index in [1.54, 1.807) is 12.1 Å². The number of nitrogens with one attached hydrogen (secondary N) is 1. The van der Waals surface area contributed by atoms with Gasteiger partial charge >= 0.3 is 0 Å². The lowest BCUT2D eigenvalue weighted by molar-refractivity contribution is 0.0693. The first kappa shape index (κ1) is 21.4. The molecule has 0 unspecified atom stereocenters. The van der Waals surface area contributed by atoms with Crippen molar-refractivity contribution >= 4 is 34.8 Å². The number of piperidine rings is 1. The van der Waals surface area contributed by atoms with E-state index in [9.17, 15) is 9.59 Å². The summed E-state index contributed by atoms with van der Waals surface area (Å²) in [6.45, 7) is 1.47. The summed E-state index contributed by atoms with van der Waals surface area (Å²) in [6, 6.07) is 16.7. The predicted octanol–water partition coefficient (Wildman–Crippen LogP) is 5.02. The molecule has 3 aromatic rings. The van der Waals surface area contributed by atoms with Crippen molar-refractivity contribution < 1.29 is 14.3 Å². The van der Waals surface area contributed by atoms with Gasteiger partial charge in [0, 0.05) is 40.7 Å². The van der Waals surface area contributed by atoms with Crippen LogP contribution in [0.4, 0.5) is 0 Å². The third-order valence-electron chi connectivity index (χ3n) is 5.36. The molecule has 7 heteroatoms. The molecule has 31 heavy (non-hydrogen) atoms. The molecular weight excluding hydrogens is 432 g/mol. The number of thiophene rings is 1. The number of nitrogens with zero attached hydrogens (tertiary/aromatic N) is 1. The van der Waals surface area contributed by atoms with Crippen LogP contribution in [0.5, 0.6) is 5.75 Å². The van der Waals surface area contributed by atoms with Crippen LogP contribution in [0.1, 0.15) is 39.1 Å². The fraction of sp³-hybridized carbons (Fsp3) is 0.250. The highest BCUT2D eigenvalue weighted by Crippen LogP contribution is 2.24. The van der Waals surface area contributed by atoms with Crippen molar-refractivity contribution in [1.82, 2.24) is 10.2 Å². The fourth-order valence-corrected chi connectivity index (χ4v) is 4.43. The van der Waals surface area contributed by atoms with Gasteiger partial charge in [-0.1, -0.05) is 41.9 Å². The van der Waals surface area contributed by atoms with Crippen molar-refractivity contribution in [2.45, 2.75) is 25.5 Å². The number of hydrogen-bond acceptors (Lipinski definition) is 4. The van der Waals surface area contributed by atoms with Crippen LogP contribution in [-0.4, -0.2) is 35.8 Å². The Morgan fingerprint density at radius 2 is 1.81 bits per heavy atom. The van der Waals surface area contributed by atoms with E-state index < -0.39 is 0 Å². The van der Waals surface area contributed by atoms with E-state index in [1.807, 2.05) is 58.1 Å². The molecule has 0 spiro atoms. The summed E-state index contributed by atoms with van der Waals surface area (Å²) in [7, 11) is 0. The average molecular weight is 455 g/mol. The van der Waals surface area contributed by atoms with Gasteiger partial charge in [0.25, 0.3) is 11.8 Å². The zero-order valence-electron chi connectivity index (χ0n) is 16.9. The van der Waals surface area contributed by atoms with Gasteiger partial charge in [-0.2, -0.15) is 11.3 Å². The van der Waals surface area contributed by atoms with Crippen LogP contribution in [-0.2, 0) is 6.61 Å². The number of amides is 2. The van der Waals surface area contributed by atoms with Crippen LogP contribution < -0.4 is 10.1 Å². The van der Waals surface area contributed by atoms with Crippen LogP contribution in [0, 0.1) is 0 Å². The topological polar surface area (TPSA) is 58.6 Å². The maximum atomic E-state index is 13.1. The third kappa shape index (κ3) is 5.27. The number of rotatable bonds is 6. The standard InChI is InChI=1S/C24H23ClN2O3S/c25-21-7-3-1-5-17(21)15-30-22-8-4-2-6-20(22)24(29)27-12-9-19(10-13-27)26-23(28)18-11-14-31-16-18/h1-8,11,14,16,19H,9-10,12-13,15H2,(H,26,28). The Hall–Kier alpha value is -2.83. The van der Waals surface area contributed by atoms with Crippen molar-refractivity contribution in [2.24, 2.45) is 0 Å². The van der Waals surface area contributed by atoms with Gasteiger partial charge in [0.2, 0.25) is 0 Å². The Morgan fingerprint density at radius 3 is 2.55 bits per heavy atom. The van der Waals surface area contributed by atoms with Gasteiger partial charge < -0.3 is 15.0 Å². The minimum Gasteiger partial charge on any atom is -0.488 e. The zero-order valence-corrected chi connectivity index (χ0v) is 18.5. The van der Waals surface area contributed by atoms with Crippen LogP contribution >= 0.6 is 22.9 Å². The fourth-order valence-electron chi connectivity index (χ4n) is 3.60. The molecule has 2 amide bonds. The molecule has 160 valence electrons. The van der Waals surface area contributed by atoms with Gasteiger partial charge in [-0.05, 0) is 42.5 Å². The lowest BCUT2D eigenvalue weighted by Crippen LogP contribution is -2.46. The van der Waals surface area contributed by atoms with Crippen LogP contribution in [0.2, 0.25) is 5.02 Å². The normalized spacial score (nSPS) is 14.3. The molecule has 0 atom stereocenters. The number of carbonyl (C=O) groups is 2. The predicted molar refractivity (Wildman–Crippen MR) is 123 cm³/mol. The summed E-state index contributed by atoms with van der Waals surface area (Å²) in [6.07, 6.45) is 1.45. The average Bonchev–Trinajstić information content (AvgIpc) is 3.34. The molecule has 1 aliphatic heterocycles. The molecule has 1 saturated heterocycles. The molecule has 2 heterocycles. The van der Waals surface area contributed by atoms with E-state index in [0.29, 0.717) is 41.6 Å². The first-order valence-electron chi connectivity index (χ1n) is 10.2. The molecule has 4 rings (SSSR count). The Kier molecular flexibility index (Phi) is 6.89. The van der Waals surface area contributed by atoms with E-state index >= 15 is 0 Å². The molecule has 1 aliphatic rings. The van der Waals surface area contributed by atoms with E-state index in [2.05, 4.69) is 5.32 Å². The van der Waals surface area contributed by atoms with Crippen molar-refractivity contribution in [1.29, 1.82) is 0 Å². The largest absolute Gasteiger partial charge is 0.488 e. The van der Waals surface area contributed by atoms with Crippen molar-refractivity contribution in [2.75, 3.05) is 13.1 Å². The molecule has 5 nitrogen and oxygen atoms in total. The van der Waals surface area contributed by atoms with Crippen molar-refractivity contribution in [3.63, 3.8) is 0 Å². The second-order valence-corrected chi connectivity index (χ2v) is 8.62. The van der Waals surface area contributed by atoms with Crippen molar-refractivity contribution in [3.8, 4) is 5.75 Å². The highest BCUT2D eigenvalue weighted by atomic mass is 35.5. The van der Waals surface area contributed by atoms with Gasteiger partial charge in [-0.25, -0.2) is 0 Å². The van der Waals surface area contributed by atoms with Crippen LogP contribution in [0.3, 0.4) is 0 Å². The number of para-hydroxylation sites is 1. The molecule has 0 radical (unpaired) electrons. The first-order valence-corrected chi connectivity index (χ1v) is 11.5. The van der Waals surface area contributed by atoms with Crippen LogP contribution in [0.15, 0.2) is 65.4 Å². The summed E-state index contributed by atoms with van der Waals surface area (Å²) in [4.78, 5) is 27.2. The summed E-state index contributed by atoms with van der Waals surface area (Å²) < 4.78 is 5.94. The number of ether oxygens (including phenoxy) is 1. The summed E-state index contributed by atoms with van der Waals surface area (Å²) in [5.74, 6) is 0.432. The van der Waals surface area contributed by atoms with Gasteiger partial charge in [0.05, 0.1) is 5.56 Å². The quantitative estimate of drug-likeness (QED) is 0.569. The third-order valence-corrected chi connectivity index (χ3v) is 6.41. The number of carbonyl (C=O) groups excluding carboxylic acids is 2. The molecule has 1 aromatic heterocycles. The van der Waals surface area contributed by atoms with E-state index in [0.717, 1.165) is 18.4 Å². The summed E-state index contributed by atoms with van der Waals surface area (Å²) in [5, 5.41) is 7.44. The lowest BCUT2D eigenvalue weighted by atomic mass is 10.0. The van der Waals surface area contributed by atoms with Gasteiger partial charge in [-0.15, -0.1) is 0 Å². The number of likely N-dealkylation sites (tertiary alicyclic amines) is 1. The maximum Gasteiger partial charge on any atom is 0.257 e. The monoisotopic (exact) mass is 454 g/mol. The summed E-state index contributed by atoms with van der Waals surface area (Å²) in [5.41, 5.74) is 2.09. The minimum absolute atomic E-state index is 0.0515. The Labute approximate surface area is 190 Å². The lowest BCUT2D eigenvalue weighted by Gasteiger charge is -2.32. The van der Waals surface area contributed by atoms with Gasteiger partial charge in [0.15, 0.2) is 0 Å².